The van der Waals surface area contributed by atoms with Crippen LogP contribution in [-0.4, -0.2) is 44.3 Å². The van der Waals surface area contributed by atoms with Crippen molar-refractivity contribution < 1.29 is 27.1 Å². The number of anilines is 1. The summed E-state index contributed by atoms with van der Waals surface area (Å²) in [6.07, 6.45) is 2.31. The quantitative estimate of drug-likeness (QED) is 0.488. The molecule has 3 aromatic rings. The number of hydrogen-bond donors (Lipinski definition) is 1. The summed E-state index contributed by atoms with van der Waals surface area (Å²) in [5, 5.41) is 2.72. The summed E-state index contributed by atoms with van der Waals surface area (Å²) in [7, 11) is -4.08. The third-order valence-electron chi connectivity index (χ3n) is 5.72. The zero-order valence-electron chi connectivity index (χ0n) is 18.9. The molecule has 0 aliphatic carbocycles. The highest BCUT2D eigenvalue weighted by atomic mass is 32.2. The topological polar surface area (TPSA) is 92.8 Å². The SMILES string of the molecule is O=C(COC(=O)c1ccc(F)c(S(=O)(=O)N2CCCCC2)c1)Nc1ccccc1-c1ccccc1. The average Bonchev–Trinajstić information content (AvgIpc) is 2.89. The number of benzene rings is 3. The van der Waals surface area contributed by atoms with Crippen molar-refractivity contribution in [3.05, 3.63) is 84.2 Å². The van der Waals surface area contributed by atoms with E-state index in [1.54, 1.807) is 12.1 Å². The number of halogens is 1. The van der Waals surface area contributed by atoms with Gasteiger partial charge in [-0.05, 0) is 42.7 Å². The Hall–Kier alpha value is -3.56. The van der Waals surface area contributed by atoms with Gasteiger partial charge in [0.2, 0.25) is 10.0 Å². The second-order valence-corrected chi connectivity index (χ2v) is 10.1. The number of amides is 1. The second kappa shape index (κ2) is 10.8. The fourth-order valence-electron chi connectivity index (χ4n) is 3.93. The van der Waals surface area contributed by atoms with Crippen LogP contribution in [0.2, 0.25) is 0 Å². The minimum atomic E-state index is -4.08. The summed E-state index contributed by atoms with van der Waals surface area (Å²) in [5.41, 5.74) is 2.11. The van der Waals surface area contributed by atoms with Gasteiger partial charge in [-0.2, -0.15) is 4.31 Å². The third-order valence-corrected chi connectivity index (χ3v) is 7.63. The minimum Gasteiger partial charge on any atom is -0.452 e. The fourth-order valence-corrected chi connectivity index (χ4v) is 5.54. The van der Waals surface area contributed by atoms with Crippen LogP contribution in [0.5, 0.6) is 0 Å². The van der Waals surface area contributed by atoms with Crippen LogP contribution >= 0.6 is 0 Å². The molecular formula is C26H25FN2O5S. The van der Waals surface area contributed by atoms with Crippen LogP contribution in [0.15, 0.2) is 77.7 Å². The third kappa shape index (κ3) is 5.75. The van der Waals surface area contributed by atoms with E-state index in [1.165, 1.54) is 4.31 Å². The lowest BCUT2D eigenvalue weighted by Crippen LogP contribution is -2.36. The van der Waals surface area contributed by atoms with Gasteiger partial charge in [0.05, 0.1) is 5.56 Å². The number of rotatable bonds is 7. The number of ether oxygens (including phenoxy) is 1. The smallest absolute Gasteiger partial charge is 0.338 e. The molecule has 3 aromatic carbocycles. The highest BCUT2D eigenvalue weighted by Gasteiger charge is 2.29. The zero-order chi connectivity index (χ0) is 24.8. The fraction of sp³-hybridized carbons (Fsp3) is 0.231. The number of esters is 1. The molecule has 1 aliphatic heterocycles. The Kier molecular flexibility index (Phi) is 7.57. The molecule has 4 rings (SSSR count). The van der Waals surface area contributed by atoms with E-state index in [0.717, 1.165) is 35.7 Å². The van der Waals surface area contributed by atoms with Crippen molar-refractivity contribution in [2.75, 3.05) is 25.0 Å². The molecule has 7 nitrogen and oxygen atoms in total. The lowest BCUT2D eigenvalue weighted by Gasteiger charge is -2.26. The lowest BCUT2D eigenvalue weighted by molar-refractivity contribution is -0.119. The van der Waals surface area contributed by atoms with Gasteiger partial charge in [0, 0.05) is 24.3 Å². The number of carbonyl (C=O) groups is 2. The minimum absolute atomic E-state index is 0.153. The molecular weight excluding hydrogens is 471 g/mol. The molecule has 1 N–H and O–H groups in total. The number of sulfonamides is 1. The molecule has 1 saturated heterocycles. The van der Waals surface area contributed by atoms with Crippen LogP contribution in [0.1, 0.15) is 29.6 Å². The van der Waals surface area contributed by atoms with Crippen molar-refractivity contribution in [1.82, 2.24) is 4.31 Å². The molecule has 0 saturated carbocycles. The monoisotopic (exact) mass is 496 g/mol. The maximum absolute atomic E-state index is 14.4. The lowest BCUT2D eigenvalue weighted by atomic mass is 10.0. The molecule has 1 amide bonds. The molecule has 0 aromatic heterocycles. The molecule has 0 radical (unpaired) electrons. The van der Waals surface area contributed by atoms with Gasteiger partial charge >= 0.3 is 5.97 Å². The predicted molar refractivity (Wildman–Crippen MR) is 130 cm³/mol. The Morgan fingerprint density at radius 3 is 2.34 bits per heavy atom. The summed E-state index contributed by atoms with van der Waals surface area (Å²) in [6, 6.07) is 19.7. The molecule has 0 spiro atoms. The molecule has 1 fully saturated rings. The van der Waals surface area contributed by atoms with E-state index in [4.69, 9.17) is 4.74 Å². The Morgan fingerprint density at radius 1 is 0.914 bits per heavy atom. The van der Waals surface area contributed by atoms with E-state index >= 15 is 0 Å². The molecule has 1 aliphatic rings. The van der Waals surface area contributed by atoms with Crippen LogP contribution < -0.4 is 5.32 Å². The maximum Gasteiger partial charge on any atom is 0.338 e. The Bertz CT molecular complexity index is 1320. The van der Waals surface area contributed by atoms with E-state index in [0.29, 0.717) is 31.6 Å². The average molecular weight is 497 g/mol. The van der Waals surface area contributed by atoms with Gasteiger partial charge in [0.15, 0.2) is 6.61 Å². The van der Waals surface area contributed by atoms with Crippen LogP contribution in [0, 0.1) is 5.82 Å². The van der Waals surface area contributed by atoms with E-state index in [2.05, 4.69) is 5.32 Å². The summed E-state index contributed by atoms with van der Waals surface area (Å²) in [4.78, 5) is 24.4. The number of hydrogen-bond acceptors (Lipinski definition) is 5. The van der Waals surface area contributed by atoms with Gasteiger partial charge < -0.3 is 10.1 Å². The van der Waals surface area contributed by atoms with Crippen LogP contribution in [-0.2, 0) is 19.6 Å². The zero-order valence-corrected chi connectivity index (χ0v) is 19.8. The van der Waals surface area contributed by atoms with E-state index in [1.807, 2.05) is 42.5 Å². The standard InChI is InChI=1S/C26H25FN2O5S/c27-22-14-13-20(17-24(22)35(32,33)29-15-7-2-8-16-29)26(31)34-18-25(30)28-23-12-6-5-11-21(23)19-9-3-1-4-10-19/h1,3-6,9-14,17H,2,7-8,15-16,18H2,(H,28,30). The maximum atomic E-state index is 14.4. The number of nitrogens with zero attached hydrogens (tertiary/aromatic N) is 1. The van der Waals surface area contributed by atoms with Crippen LogP contribution in [0.25, 0.3) is 11.1 Å². The van der Waals surface area contributed by atoms with E-state index in [-0.39, 0.29) is 5.56 Å². The first-order valence-corrected chi connectivity index (χ1v) is 12.7. The van der Waals surface area contributed by atoms with Crippen molar-refractivity contribution in [2.45, 2.75) is 24.2 Å². The molecule has 1 heterocycles. The van der Waals surface area contributed by atoms with Gasteiger partial charge in [-0.1, -0.05) is 55.0 Å². The molecule has 182 valence electrons. The van der Waals surface area contributed by atoms with Crippen molar-refractivity contribution >= 4 is 27.6 Å². The van der Waals surface area contributed by atoms with Gasteiger partial charge in [0.1, 0.15) is 10.7 Å². The molecule has 9 heteroatoms. The first kappa shape index (κ1) is 24.6. The van der Waals surface area contributed by atoms with Gasteiger partial charge in [-0.3, -0.25) is 4.79 Å². The van der Waals surface area contributed by atoms with Crippen LogP contribution in [0.3, 0.4) is 0 Å². The Balaban J connectivity index is 1.43. The number of piperidine rings is 1. The largest absolute Gasteiger partial charge is 0.452 e. The predicted octanol–water partition coefficient (Wildman–Crippen LogP) is 4.46. The van der Waals surface area contributed by atoms with E-state index < -0.39 is 39.2 Å². The Labute approximate surface area is 203 Å². The van der Waals surface area contributed by atoms with Crippen molar-refractivity contribution in [3.8, 4) is 11.1 Å². The van der Waals surface area contributed by atoms with Gasteiger partial charge in [-0.25, -0.2) is 17.6 Å². The molecule has 0 bridgehead atoms. The number of carbonyl (C=O) groups excluding carboxylic acids is 2. The molecule has 0 unspecified atom stereocenters. The van der Waals surface area contributed by atoms with E-state index in [9.17, 15) is 22.4 Å². The first-order chi connectivity index (χ1) is 16.9. The Morgan fingerprint density at radius 2 is 1.60 bits per heavy atom. The second-order valence-electron chi connectivity index (χ2n) is 8.15. The van der Waals surface area contributed by atoms with Crippen LogP contribution in [0.4, 0.5) is 10.1 Å². The summed E-state index contributed by atoms with van der Waals surface area (Å²) in [5.74, 6) is -2.43. The number of para-hydroxylation sites is 1. The highest BCUT2D eigenvalue weighted by Crippen LogP contribution is 2.28. The summed E-state index contributed by atoms with van der Waals surface area (Å²) in [6.45, 7) is 0.0235. The van der Waals surface area contributed by atoms with Crippen molar-refractivity contribution in [2.24, 2.45) is 0 Å². The van der Waals surface area contributed by atoms with Gasteiger partial charge in [-0.15, -0.1) is 0 Å². The highest BCUT2D eigenvalue weighted by molar-refractivity contribution is 7.89. The van der Waals surface area contributed by atoms with Crippen molar-refractivity contribution in [3.63, 3.8) is 0 Å². The number of nitrogens with one attached hydrogen (secondary N) is 1. The molecule has 35 heavy (non-hydrogen) atoms. The summed E-state index contributed by atoms with van der Waals surface area (Å²) >= 11 is 0. The summed E-state index contributed by atoms with van der Waals surface area (Å²) < 4.78 is 46.4. The molecule has 0 atom stereocenters. The normalized spacial score (nSPS) is 14.3. The first-order valence-electron chi connectivity index (χ1n) is 11.3. The van der Waals surface area contributed by atoms with Crippen molar-refractivity contribution in [1.29, 1.82) is 0 Å². The van der Waals surface area contributed by atoms with Gasteiger partial charge in [0.25, 0.3) is 5.91 Å².